The summed E-state index contributed by atoms with van der Waals surface area (Å²) < 4.78 is 17.0. The Morgan fingerprint density at radius 3 is 2.40 bits per heavy atom. The van der Waals surface area contributed by atoms with Crippen LogP contribution in [0.25, 0.3) is 0 Å². The fourth-order valence-corrected chi connectivity index (χ4v) is 4.66. The number of anilines is 1. The Balaban J connectivity index is 0.000000265. The van der Waals surface area contributed by atoms with E-state index in [1.54, 1.807) is 24.5 Å². The first kappa shape index (κ1) is 35.1. The Hall–Kier alpha value is -3.08. The van der Waals surface area contributed by atoms with E-state index in [4.69, 9.17) is 16.3 Å². The Kier molecular flexibility index (Phi) is 16.0. The standard InChI is InChI=1S/C16H25N5O2.C7H7Cl.C7H7FO.CH4S/c1-12-3-2-8-20(10-7-17-12)16(23)13-6-9-21(11-13)14-4-5-15(22)19-18-14;1-6-2-4-7(8)5-3-6;1-9-7-4-2-3-6(8)5-7;1-2/h4-5,12-13,17H,2-3,6-11H2,1H3,(H,19,22);2-5H,1H3;2-5H,1H3;2H,1H3. The Morgan fingerprint density at radius 2 is 1.81 bits per heavy atom. The van der Waals surface area contributed by atoms with E-state index >= 15 is 0 Å². The topological polar surface area (TPSA) is 90.6 Å². The normalized spacial score (nSPS) is 18.1. The minimum Gasteiger partial charge on any atom is -0.497 e. The summed E-state index contributed by atoms with van der Waals surface area (Å²) in [6.07, 6.45) is 4.71. The zero-order valence-corrected chi connectivity index (χ0v) is 26.5. The highest BCUT2D eigenvalue weighted by Gasteiger charge is 2.32. The van der Waals surface area contributed by atoms with Gasteiger partial charge in [-0.15, -0.1) is 0 Å². The summed E-state index contributed by atoms with van der Waals surface area (Å²) in [5, 5.41) is 10.8. The number of nitrogens with zero attached hydrogens (tertiary/aromatic N) is 3. The summed E-state index contributed by atoms with van der Waals surface area (Å²) in [6.45, 7) is 8.23. The quantitative estimate of drug-likeness (QED) is 0.348. The lowest BCUT2D eigenvalue weighted by Gasteiger charge is -2.29. The summed E-state index contributed by atoms with van der Waals surface area (Å²) in [7, 11) is 1.51. The highest BCUT2D eigenvalue weighted by atomic mass is 35.5. The second-order valence-corrected chi connectivity index (χ2v) is 10.4. The van der Waals surface area contributed by atoms with Crippen molar-refractivity contribution in [2.24, 2.45) is 5.92 Å². The van der Waals surface area contributed by atoms with Gasteiger partial charge in [-0.3, -0.25) is 9.59 Å². The van der Waals surface area contributed by atoms with Gasteiger partial charge in [0, 0.05) is 55.9 Å². The van der Waals surface area contributed by atoms with Gasteiger partial charge in [0.05, 0.1) is 13.0 Å². The van der Waals surface area contributed by atoms with Crippen molar-refractivity contribution >= 4 is 36.0 Å². The third kappa shape index (κ3) is 12.4. The summed E-state index contributed by atoms with van der Waals surface area (Å²) in [5.41, 5.74) is 1.04. The zero-order chi connectivity index (χ0) is 30.9. The summed E-state index contributed by atoms with van der Waals surface area (Å²) >= 11 is 9.14. The predicted molar refractivity (Wildman–Crippen MR) is 173 cm³/mol. The van der Waals surface area contributed by atoms with Crippen LogP contribution in [0.4, 0.5) is 10.2 Å². The highest BCUT2D eigenvalue weighted by Crippen LogP contribution is 2.23. The van der Waals surface area contributed by atoms with Crippen LogP contribution in [0.3, 0.4) is 0 Å². The molecule has 1 aromatic heterocycles. The van der Waals surface area contributed by atoms with Gasteiger partial charge in [0.25, 0.3) is 5.56 Å². The minimum atomic E-state index is -0.269. The van der Waals surface area contributed by atoms with E-state index in [1.807, 2.05) is 36.1 Å². The molecular formula is C31H43ClFN5O3S. The first-order valence-corrected chi connectivity index (χ1v) is 15.3. The molecule has 3 aromatic rings. The van der Waals surface area contributed by atoms with Crippen molar-refractivity contribution in [3.05, 3.63) is 87.4 Å². The largest absolute Gasteiger partial charge is 0.497 e. The van der Waals surface area contributed by atoms with Crippen molar-refractivity contribution in [2.75, 3.05) is 51.0 Å². The number of nitrogens with one attached hydrogen (secondary N) is 2. The number of carbonyl (C=O) groups is 1. The van der Waals surface area contributed by atoms with E-state index in [1.165, 1.54) is 30.9 Å². The molecule has 230 valence electrons. The smallest absolute Gasteiger partial charge is 0.264 e. The second kappa shape index (κ2) is 19.2. The lowest BCUT2D eigenvalue weighted by molar-refractivity contribution is -0.135. The molecule has 2 N–H and O–H groups in total. The molecule has 0 bridgehead atoms. The third-order valence-electron chi connectivity index (χ3n) is 6.82. The van der Waals surface area contributed by atoms with Gasteiger partial charge in [-0.05, 0) is 69.7 Å². The number of H-pyrrole nitrogens is 1. The van der Waals surface area contributed by atoms with Crippen LogP contribution in [0, 0.1) is 18.7 Å². The molecule has 2 atom stereocenters. The number of rotatable bonds is 3. The Bertz CT molecular complexity index is 1210. The second-order valence-electron chi connectivity index (χ2n) is 9.99. The maximum absolute atomic E-state index is 12.8. The van der Waals surface area contributed by atoms with Gasteiger partial charge in [0.1, 0.15) is 17.4 Å². The van der Waals surface area contributed by atoms with E-state index in [9.17, 15) is 14.0 Å². The fourth-order valence-electron chi connectivity index (χ4n) is 4.54. The van der Waals surface area contributed by atoms with Crippen LogP contribution in [0.15, 0.2) is 65.5 Å². The number of halogens is 2. The minimum absolute atomic E-state index is 0.0283. The number of thiol groups is 1. The van der Waals surface area contributed by atoms with Gasteiger partial charge in [-0.25, -0.2) is 9.49 Å². The molecule has 2 saturated heterocycles. The molecule has 11 heteroatoms. The molecule has 0 saturated carbocycles. The average Bonchev–Trinajstić information content (AvgIpc) is 3.49. The van der Waals surface area contributed by atoms with Crippen LogP contribution in [-0.2, 0) is 4.79 Å². The maximum atomic E-state index is 12.8. The molecule has 1 amide bonds. The van der Waals surface area contributed by atoms with Crippen molar-refractivity contribution < 1.29 is 13.9 Å². The molecule has 2 aliphatic rings. The van der Waals surface area contributed by atoms with Crippen LogP contribution in [-0.4, -0.2) is 73.1 Å². The number of aryl methyl sites for hydroxylation is 1. The lowest BCUT2D eigenvalue weighted by atomic mass is 10.1. The number of aromatic nitrogens is 2. The fraction of sp³-hybridized carbons (Fsp3) is 0.452. The molecule has 0 radical (unpaired) electrons. The monoisotopic (exact) mass is 619 g/mol. The Labute approximate surface area is 259 Å². The third-order valence-corrected chi connectivity index (χ3v) is 7.07. The van der Waals surface area contributed by atoms with Gasteiger partial charge in [0.15, 0.2) is 0 Å². The van der Waals surface area contributed by atoms with Crippen molar-refractivity contribution in [3.63, 3.8) is 0 Å². The van der Waals surface area contributed by atoms with E-state index in [-0.39, 0.29) is 23.2 Å². The molecule has 0 spiro atoms. The van der Waals surface area contributed by atoms with Crippen LogP contribution < -0.4 is 20.5 Å². The number of benzene rings is 2. The zero-order valence-electron chi connectivity index (χ0n) is 24.9. The maximum Gasteiger partial charge on any atom is 0.264 e. The molecule has 2 fully saturated rings. The predicted octanol–water partition coefficient (Wildman–Crippen LogP) is 5.23. The summed E-state index contributed by atoms with van der Waals surface area (Å²) in [6, 6.07) is 17.5. The number of hydrogen-bond donors (Lipinski definition) is 3. The first-order valence-electron chi connectivity index (χ1n) is 14.0. The van der Waals surface area contributed by atoms with Gasteiger partial charge in [0.2, 0.25) is 5.91 Å². The number of hydrogen-bond acceptors (Lipinski definition) is 7. The summed E-state index contributed by atoms with van der Waals surface area (Å²) in [5.74, 6) is 1.31. The van der Waals surface area contributed by atoms with E-state index < -0.39 is 0 Å². The molecular weight excluding hydrogens is 577 g/mol. The van der Waals surface area contributed by atoms with E-state index in [0.29, 0.717) is 18.3 Å². The van der Waals surface area contributed by atoms with Crippen LogP contribution in [0.2, 0.25) is 5.02 Å². The van der Waals surface area contributed by atoms with Crippen LogP contribution >= 0.6 is 24.2 Å². The number of ether oxygens (including phenoxy) is 1. The molecule has 0 aliphatic carbocycles. The molecule has 2 aliphatic heterocycles. The highest BCUT2D eigenvalue weighted by molar-refractivity contribution is 7.79. The molecule has 8 nitrogen and oxygen atoms in total. The molecule has 42 heavy (non-hydrogen) atoms. The van der Waals surface area contributed by atoms with Crippen molar-refractivity contribution in [2.45, 2.75) is 39.2 Å². The molecule has 3 heterocycles. The first-order chi connectivity index (χ1) is 20.2. The molecule has 5 rings (SSSR count). The van der Waals surface area contributed by atoms with E-state index in [2.05, 4.69) is 40.0 Å². The van der Waals surface area contributed by atoms with Crippen molar-refractivity contribution in [1.29, 1.82) is 0 Å². The lowest BCUT2D eigenvalue weighted by Crippen LogP contribution is -2.45. The van der Waals surface area contributed by atoms with Crippen molar-refractivity contribution in [1.82, 2.24) is 20.4 Å². The number of aromatic amines is 1. The average molecular weight is 620 g/mol. The number of carbonyl (C=O) groups excluding carboxylic acids is 1. The molecule has 2 aromatic carbocycles. The van der Waals surface area contributed by atoms with Gasteiger partial charge in [-0.2, -0.15) is 17.7 Å². The SMILES string of the molecule is CC1CCCN(C(=O)C2CCN(c3ccc(=O)[nH]n3)C2)CCN1.COc1cccc(F)c1.CS.Cc1ccc(Cl)cc1. The van der Waals surface area contributed by atoms with Crippen LogP contribution in [0.1, 0.15) is 31.7 Å². The van der Waals surface area contributed by atoms with Crippen LogP contribution in [0.5, 0.6) is 5.75 Å². The molecule has 2 unspecified atom stereocenters. The summed E-state index contributed by atoms with van der Waals surface area (Å²) in [4.78, 5) is 27.9. The number of methoxy groups -OCH3 is 1. The van der Waals surface area contributed by atoms with Crippen molar-refractivity contribution in [3.8, 4) is 5.75 Å². The van der Waals surface area contributed by atoms with Gasteiger partial charge < -0.3 is 19.9 Å². The number of amides is 1. The van der Waals surface area contributed by atoms with Gasteiger partial charge in [-0.1, -0.05) is 35.4 Å². The van der Waals surface area contributed by atoms with E-state index in [0.717, 1.165) is 56.3 Å². The van der Waals surface area contributed by atoms with Gasteiger partial charge >= 0.3 is 0 Å². The Morgan fingerprint density at radius 1 is 1.07 bits per heavy atom.